The third-order valence-electron chi connectivity index (χ3n) is 2.12. The van der Waals surface area contributed by atoms with Crippen molar-refractivity contribution in [2.45, 2.75) is 6.92 Å². The van der Waals surface area contributed by atoms with E-state index in [1.54, 1.807) is 12.1 Å². The van der Waals surface area contributed by atoms with E-state index in [0.717, 1.165) is 9.13 Å². The fourth-order valence-corrected chi connectivity index (χ4v) is 2.22. The van der Waals surface area contributed by atoms with Crippen molar-refractivity contribution >= 4 is 57.2 Å². The lowest BCUT2D eigenvalue weighted by Gasteiger charge is -1.96. The largest absolute Gasteiger partial charge is 0.398 e. The predicted molar refractivity (Wildman–Crippen MR) is 89.2 cm³/mol. The number of rotatable bonds is 0. The number of nitrogen functional groups attached to an aromatic ring is 2. The smallest absolute Gasteiger partial charge is 0.0645 e. The minimum absolute atomic E-state index is 0.627. The molecule has 96 valence electrons. The highest BCUT2D eigenvalue weighted by Gasteiger charge is 1.93. The molecule has 2 nitrogen and oxygen atoms in total. The summed E-state index contributed by atoms with van der Waals surface area (Å²) in [5.41, 5.74) is 13.3. The van der Waals surface area contributed by atoms with Gasteiger partial charge in [-0.15, -0.1) is 0 Å². The predicted octanol–water partition coefficient (Wildman–Crippen LogP) is 4.76. The van der Waals surface area contributed by atoms with Gasteiger partial charge >= 0.3 is 0 Å². The van der Waals surface area contributed by atoms with E-state index in [4.69, 9.17) is 34.7 Å². The van der Waals surface area contributed by atoms with Crippen LogP contribution in [0.25, 0.3) is 0 Å². The van der Waals surface area contributed by atoms with Gasteiger partial charge in [0.15, 0.2) is 0 Å². The molecule has 2 aromatic carbocycles. The van der Waals surface area contributed by atoms with Gasteiger partial charge < -0.3 is 11.5 Å². The van der Waals surface area contributed by atoms with Crippen LogP contribution in [0.5, 0.6) is 0 Å². The molecule has 0 radical (unpaired) electrons. The van der Waals surface area contributed by atoms with Crippen molar-refractivity contribution in [2.75, 3.05) is 11.5 Å². The molecule has 4 N–H and O–H groups in total. The van der Waals surface area contributed by atoms with Crippen LogP contribution in [-0.2, 0) is 0 Å². The molecular formula is C13H13Cl2IN2. The van der Waals surface area contributed by atoms with Gasteiger partial charge in [0.2, 0.25) is 0 Å². The normalized spacial score (nSPS) is 9.56. The summed E-state index contributed by atoms with van der Waals surface area (Å²) >= 11 is 13.6. The minimum Gasteiger partial charge on any atom is -0.398 e. The summed E-state index contributed by atoms with van der Waals surface area (Å²) in [6.07, 6.45) is 0. The van der Waals surface area contributed by atoms with E-state index in [9.17, 15) is 0 Å². The molecule has 18 heavy (non-hydrogen) atoms. The van der Waals surface area contributed by atoms with E-state index in [1.807, 2.05) is 31.2 Å². The second-order valence-electron chi connectivity index (χ2n) is 3.69. The molecule has 0 aliphatic carbocycles. The lowest BCUT2D eigenvalue weighted by molar-refractivity contribution is 1.47. The first-order valence-electron chi connectivity index (χ1n) is 5.12. The van der Waals surface area contributed by atoms with Crippen molar-refractivity contribution in [3.05, 3.63) is 55.6 Å². The zero-order chi connectivity index (χ0) is 13.7. The van der Waals surface area contributed by atoms with Gasteiger partial charge in [-0.1, -0.05) is 29.3 Å². The Hall–Kier alpha value is -0.650. The molecule has 0 aliphatic rings. The van der Waals surface area contributed by atoms with Crippen molar-refractivity contribution in [3.63, 3.8) is 0 Å². The standard InChI is InChI=1S/C7H8ClN.C6H5ClIN/c1-5-2-3-7(9)6(8)4-5;7-5-3-4(8)1-2-6(5)9/h2-4H,9H2,1H3;1-3H,9H2. The molecule has 2 rings (SSSR count). The second-order valence-corrected chi connectivity index (χ2v) is 5.75. The number of halogens is 3. The topological polar surface area (TPSA) is 52.0 Å². The zero-order valence-corrected chi connectivity index (χ0v) is 13.4. The third-order valence-corrected chi connectivity index (χ3v) is 3.44. The van der Waals surface area contributed by atoms with Crippen LogP contribution in [0.4, 0.5) is 11.4 Å². The molecule has 0 amide bonds. The maximum absolute atomic E-state index is 5.69. The molecule has 0 bridgehead atoms. The van der Waals surface area contributed by atoms with Crippen LogP contribution in [0.1, 0.15) is 5.56 Å². The number of benzene rings is 2. The fourth-order valence-electron chi connectivity index (χ4n) is 1.13. The molecule has 0 heterocycles. The van der Waals surface area contributed by atoms with Crippen LogP contribution in [0.15, 0.2) is 36.4 Å². The molecular weight excluding hydrogens is 382 g/mol. The molecule has 0 aliphatic heterocycles. The van der Waals surface area contributed by atoms with Crippen LogP contribution >= 0.6 is 45.8 Å². The Kier molecular flexibility index (Phi) is 6.05. The fraction of sp³-hybridized carbons (Fsp3) is 0.0769. The summed E-state index contributed by atoms with van der Waals surface area (Å²) in [7, 11) is 0. The van der Waals surface area contributed by atoms with E-state index < -0.39 is 0 Å². The Morgan fingerprint density at radius 1 is 0.889 bits per heavy atom. The highest BCUT2D eigenvalue weighted by molar-refractivity contribution is 14.1. The van der Waals surface area contributed by atoms with Crippen molar-refractivity contribution in [1.82, 2.24) is 0 Å². The number of nitrogens with two attached hydrogens (primary N) is 2. The lowest BCUT2D eigenvalue weighted by Crippen LogP contribution is -1.85. The Balaban J connectivity index is 0.000000180. The summed E-state index contributed by atoms with van der Waals surface area (Å²) in [5, 5.41) is 1.26. The number of hydrogen-bond acceptors (Lipinski definition) is 2. The molecule has 0 unspecified atom stereocenters. The molecule has 5 heteroatoms. The third kappa shape index (κ3) is 4.92. The Morgan fingerprint density at radius 3 is 1.78 bits per heavy atom. The minimum atomic E-state index is 0.627. The van der Waals surface area contributed by atoms with Gasteiger partial charge in [0.1, 0.15) is 0 Å². The van der Waals surface area contributed by atoms with E-state index >= 15 is 0 Å². The van der Waals surface area contributed by atoms with E-state index in [2.05, 4.69) is 22.6 Å². The van der Waals surface area contributed by atoms with Gasteiger partial charge in [0.05, 0.1) is 21.4 Å². The molecule has 0 aromatic heterocycles. The maximum atomic E-state index is 5.69. The first kappa shape index (κ1) is 15.4. The van der Waals surface area contributed by atoms with E-state index in [0.29, 0.717) is 21.4 Å². The van der Waals surface area contributed by atoms with Crippen LogP contribution < -0.4 is 11.5 Å². The summed E-state index contributed by atoms with van der Waals surface area (Å²) in [6.45, 7) is 1.98. The lowest BCUT2D eigenvalue weighted by atomic mass is 10.2. The molecule has 0 fully saturated rings. The van der Waals surface area contributed by atoms with Crippen molar-refractivity contribution in [2.24, 2.45) is 0 Å². The SMILES string of the molecule is Cc1ccc(N)c(Cl)c1.Nc1ccc(I)cc1Cl. The summed E-state index contributed by atoms with van der Waals surface area (Å²) in [4.78, 5) is 0. The van der Waals surface area contributed by atoms with Crippen molar-refractivity contribution < 1.29 is 0 Å². The van der Waals surface area contributed by atoms with Gasteiger partial charge in [-0.3, -0.25) is 0 Å². The Morgan fingerprint density at radius 2 is 1.39 bits per heavy atom. The van der Waals surface area contributed by atoms with Gasteiger partial charge in [0.25, 0.3) is 0 Å². The molecule has 0 saturated heterocycles. The molecule has 0 saturated carbocycles. The average molecular weight is 395 g/mol. The van der Waals surface area contributed by atoms with Crippen molar-refractivity contribution in [3.8, 4) is 0 Å². The molecule has 2 aromatic rings. The Bertz CT molecular complexity index is 495. The molecule has 0 atom stereocenters. The quantitative estimate of drug-likeness (QED) is 0.500. The van der Waals surface area contributed by atoms with Crippen molar-refractivity contribution in [1.29, 1.82) is 0 Å². The van der Waals surface area contributed by atoms with Gasteiger partial charge in [0, 0.05) is 3.57 Å². The second kappa shape index (κ2) is 7.07. The number of aryl methyl sites for hydroxylation is 1. The number of hydrogen-bond donors (Lipinski definition) is 2. The van der Waals surface area contributed by atoms with Gasteiger partial charge in [-0.05, 0) is 65.4 Å². The first-order valence-corrected chi connectivity index (χ1v) is 6.96. The highest BCUT2D eigenvalue weighted by atomic mass is 127. The van der Waals surface area contributed by atoms with Crippen LogP contribution in [-0.4, -0.2) is 0 Å². The number of anilines is 2. The summed E-state index contributed by atoms with van der Waals surface area (Å²) in [6, 6.07) is 11.1. The first-order chi connectivity index (χ1) is 8.40. The monoisotopic (exact) mass is 394 g/mol. The van der Waals surface area contributed by atoms with E-state index in [-0.39, 0.29) is 0 Å². The summed E-state index contributed by atoms with van der Waals surface area (Å²) in [5.74, 6) is 0. The highest BCUT2D eigenvalue weighted by Crippen LogP contribution is 2.20. The van der Waals surface area contributed by atoms with Crippen LogP contribution in [0.2, 0.25) is 10.0 Å². The van der Waals surface area contributed by atoms with Gasteiger partial charge in [-0.2, -0.15) is 0 Å². The zero-order valence-electron chi connectivity index (χ0n) is 9.75. The van der Waals surface area contributed by atoms with Crippen LogP contribution in [0, 0.1) is 10.5 Å². The molecule has 0 spiro atoms. The van der Waals surface area contributed by atoms with Crippen LogP contribution in [0.3, 0.4) is 0 Å². The van der Waals surface area contributed by atoms with Gasteiger partial charge in [-0.25, -0.2) is 0 Å². The maximum Gasteiger partial charge on any atom is 0.0645 e. The Labute approximate surface area is 130 Å². The average Bonchev–Trinajstić information content (AvgIpc) is 2.30. The van der Waals surface area contributed by atoms with E-state index in [1.165, 1.54) is 0 Å². The summed E-state index contributed by atoms with van der Waals surface area (Å²) < 4.78 is 1.10.